The van der Waals surface area contributed by atoms with Crippen molar-refractivity contribution in [3.05, 3.63) is 0 Å². The van der Waals surface area contributed by atoms with Gasteiger partial charge in [0, 0.05) is 19.3 Å². The van der Waals surface area contributed by atoms with Gasteiger partial charge in [-0.3, -0.25) is 14.4 Å². The number of unbranched alkanes of at least 4 members (excludes halogenated alkanes) is 21. The second-order valence-electron chi connectivity index (χ2n) is 15.3. The minimum absolute atomic E-state index is 0.0666. The van der Waals surface area contributed by atoms with Gasteiger partial charge in [0.05, 0.1) is 0 Å². The predicted octanol–water partition coefficient (Wildman–Crippen LogP) is 13.0. The van der Waals surface area contributed by atoms with Crippen molar-refractivity contribution in [2.45, 2.75) is 233 Å². The van der Waals surface area contributed by atoms with Crippen LogP contribution >= 0.6 is 0 Å². The molecule has 0 rings (SSSR count). The average molecular weight is 695 g/mol. The Labute approximate surface area is 304 Å². The molecule has 0 aromatic carbocycles. The van der Waals surface area contributed by atoms with Crippen molar-refractivity contribution in [1.82, 2.24) is 0 Å². The van der Waals surface area contributed by atoms with Crippen molar-refractivity contribution in [2.24, 2.45) is 11.8 Å². The van der Waals surface area contributed by atoms with E-state index < -0.39 is 6.10 Å². The lowest BCUT2D eigenvalue weighted by molar-refractivity contribution is -0.167. The summed E-state index contributed by atoms with van der Waals surface area (Å²) in [5.74, 6) is 0.799. The lowest BCUT2D eigenvalue weighted by Gasteiger charge is -2.18. The number of hydrogen-bond donors (Lipinski definition) is 0. The number of ether oxygens (including phenoxy) is 3. The third-order valence-corrected chi connectivity index (χ3v) is 9.83. The summed E-state index contributed by atoms with van der Waals surface area (Å²) >= 11 is 0. The summed E-state index contributed by atoms with van der Waals surface area (Å²) in [5, 5.41) is 0. The standard InChI is InChI=1S/C43H82O6/c1-6-8-9-21-28-33-41(44)47-36-40(49-43(46)35-30-25-20-16-12-13-17-22-26-31-38(3)4)37-48-42(45)34-29-24-19-15-11-10-14-18-23-27-32-39(5)7-2/h38-40H,6-37H2,1-5H3/t39?,40-/m1/s1. The highest BCUT2D eigenvalue weighted by Crippen LogP contribution is 2.17. The normalized spacial score (nSPS) is 12.6. The first-order chi connectivity index (χ1) is 23.8. The molecule has 0 bridgehead atoms. The van der Waals surface area contributed by atoms with Gasteiger partial charge in [-0.2, -0.15) is 0 Å². The highest BCUT2D eigenvalue weighted by Gasteiger charge is 2.19. The van der Waals surface area contributed by atoms with E-state index >= 15 is 0 Å². The zero-order valence-electron chi connectivity index (χ0n) is 33.3. The molecule has 0 aliphatic heterocycles. The van der Waals surface area contributed by atoms with Crippen LogP contribution in [0.3, 0.4) is 0 Å². The first-order valence-corrected chi connectivity index (χ1v) is 21.3. The van der Waals surface area contributed by atoms with Gasteiger partial charge in [-0.15, -0.1) is 0 Å². The van der Waals surface area contributed by atoms with Gasteiger partial charge in [0.1, 0.15) is 13.2 Å². The zero-order valence-corrected chi connectivity index (χ0v) is 33.3. The lowest BCUT2D eigenvalue weighted by atomic mass is 9.99. The largest absolute Gasteiger partial charge is 0.462 e. The maximum Gasteiger partial charge on any atom is 0.306 e. The Morgan fingerprint density at radius 1 is 0.429 bits per heavy atom. The predicted molar refractivity (Wildman–Crippen MR) is 206 cm³/mol. The summed E-state index contributed by atoms with van der Waals surface area (Å²) in [5.41, 5.74) is 0. The van der Waals surface area contributed by atoms with Crippen molar-refractivity contribution in [2.75, 3.05) is 13.2 Å². The van der Waals surface area contributed by atoms with E-state index in [1.54, 1.807) is 0 Å². The number of esters is 3. The summed E-state index contributed by atoms with van der Waals surface area (Å²) in [6.45, 7) is 11.2. The van der Waals surface area contributed by atoms with Crippen LogP contribution in [-0.2, 0) is 28.6 Å². The molecule has 6 heteroatoms. The van der Waals surface area contributed by atoms with Crippen LogP contribution < -0.4 is 0 Å². The summed E-state index contributed by atoms with van der Waals surface area (Å²) in [4.78, 5) is 37.4. The van der Waals surface area contributed by atoms with Crippen molar-refractivity contribution in [1.29, 1.82) is 0 Å². The maximum absolute atomic E-state index is 12.6. The van der Waals surface area contributed by atoms with Crippen molar-refractivity contribution in [3.63, 3.8) is 0 Å². The Morgan fingerprint density at radius 3 is 1.16 bits per heavy atom. The molecular weight excluding hydrogens is 612 g/mol. The number of carbonyl (C=O) groups is 3. The molecule has 0 aliphatic rings. The molecule has 0 saturated heterocycles. The fraction of sp³-hybridized carbons (Fsp3) is 0.930. The van der Waals surface area contributed by atoms with Crippen LogP contribution in [0.1, 0.15) is 227 Å². The molecule has 0 aromatic heterocycles. The van der Waals surface area contributed by atoms with Crippen molar-refractivity contribution < 1.29 is 28.6 Å². The molecule has 6 nitrogen and oxygen atoms in total. The third kappa shape index (κ3) is 36.0. The van der Waals surface area contributed by atoms with Crippen LogP contribution in [0.5, 0.6) is 0 Å². The van der Waals surface area contributed by atoms with E-state index in [9.17, 15) is 14.4 Å². The fourth-order valence-electron chi connectivity index (χ4n) is 6.19. The van der Waals surface area contributed by atoms with E-state index in [2.05, 4.69) is 34.6 Å². The molecule has 0 heterocycles. The Balaban J connectivity index is 4.23. The monoisotopic (exact) mass is 695 g/mol. The van der Waals surface area contributed by atoms with Crippen LogP contribution in [0.25, 0.3) is 0 Å². The first-order valence-electron chi connectivity index (χ1n) is 21.3. The second kappa shape index (κ2) is 36.2. The highest BCUT2D eigenvalue weighted by molar-refractivity contribution is 5.71. The fourth-order valence-corrected chi connectivity index (χ4v) is 6.19. The summed E-state index contributed by atoms with van der Waals surface area (Å²) in [6.07, 6.45) is 32.5. The van der Waals surface area contributed by atoms with E-state index in [0.29, 0.717) is 19.3 Å². The molecule has 0 radical (unpaired) electrons. The quantitative estimate of drug-likeness (QED) is 0.0366. The summed E-state index contributed by atoms with van der Waals surface area (Å²) < 4.78 is 16.6. The molecule has 49 heavy (non-hydrogen) atoms. The smallest absolute Gasteiger partial charge is 0.306 e. The average Bonchev–Trinajstić information content (AvgIpc) is 3.08. The van der Waals surface area contributed by atoms with Crippen LogP contribution in [-0.4, -0.2) is 37.2 Å². The van der Waals surface area contributed by atoms with Gasteiger partial charge in [-0.1, -0.05) is 189 Å². The van der Waals surface area contributed by atoms with E-state index in [-0.39, 0.29) is 31.1 Å². The molecule has 0 aromatic rings. The van der Waals surface area contributed by atoms with Gasteiger partial charge in [0.15, 0.2) is 6.10 Å². The molecule has 0 fully saturated rings. The summed E-state index contributed by atoms with van der Waals surface area (Å²) in [6, 6.07) is 0. The minimum Gasteiger partial charge on any atom is -0.462 e. The number of carbonyl (C=O) groups excluding carboxylic acids is 3. The Kier molecular flexibility index (Phi) is 35.0. The molecule has 1 unspecified atom stereocenters. The van der Waals surface area contributed by atoms with E-state index in [1.165, 1.54) is 109 Å². The number of hydrogen-bond acceptors (Lipinski definition) is 6. The molecule has 0 amide bonds. The van der Waals surface area contributed by atoms with Crippen LogP contribution in [0.4, 0.5) is 0 Å². The van der Waals surface area contributed by atoms with E-state index in [4.69, 9.17) is 14.2 Å². The molecule has 2 atom stereocenters. The first kappa shape index (κ1) is 47.4. The Hall–Kier alpha value is -1.59. The zero-order chi connectivity index (χ0) is 36.2. The van der Waals surface area contributed by atoms with Crippen LogP contribution in [0.15, 0.2) is 0 Å². The minimum atomic E-state index is -0.758. The van der Waals surface area contributed by atoms with E-state index in [0.717, 1.165) is 76.0 Å². The van der Waals surface area contributed by atoms with Crippen molar-refractivity contribution >= 4 is 17.9 Å². The molecule has 0 saturated carbocycles. The Morgan fingerprint density at radius 2 is 0.776 bits per heavy atom. The van der Waals surface area contributed by atoms with Gasteiger partial charge < -0.3 is 14.2 Å². The van der Waals surface area contributed by atoms with Gasteiger partial charge in [-0.05, 0) is 31.1 Å². The highest BCUT2D eigenvalue weighted by atomic mass is 16.6. The maximum atomic E-state index is 12.6. The van der Waals surface area contributed by atoms with Gasteiger partial charge in [0.2, 0.25) is 0 Å². The Bertz CT molecular complexity index is 751. The molecular formula is C43H82O6. The van der Waals surface area contributed by atoms with Gasteiger partial charge >= 0.3 is 17.9 Å². The molecule has 290 valence electrons. The van der Waals surface area contributed by atoms with Crippen molar-refractivity contribution in [3.8, 4) is 0 Å². The van der Waals surface area contributed by atoms with Crippen LogP contribution in [0.2, 0.25) is 0 Å². The third-order valence-electron chi connectivity index (χ3n) is 9.83. The van der Waals surface area contributed by atoms with Gasteiger partial charge in [-0.25, -0.2) is 0 Å². The van der Waals surface area contributed by atoms with Gasteiger partial charge in [0.25, 0.3) is 0 Å². The molecule has 0 aliphatic carbocycles. The summed E-state index contributed by atoms with van der Waals surface area (Å²) in [7, 11) is 0. The second-order valence-corrected chi connectivity index (χ2v) is 15.3. The van der Waals surface area contributed by atoms with E-state index in [1.807, 2.05) is 0 Å². The topological polar surface area (TPSA) is 78.9 Å². The lowest BCUT2D eigenvalue weighted by Crippen LogP contribution is -2.30. The molecule has 0 N–H and O–H groups in total. The van der Waals surface area contributed by atoms with Crippen LogP contribution in [0, 0.1) is 11.8 Å². The molecule has 0 spiro atoms. The number of rotatable bonds is 37. The SMILES string of the molecule is CCCCCCCC(=O)OC[C@H](COC(=O)CCCCCCCCCCCCC(C)CC)OC(=O)CCCCCCCCCCCC(C)C.